The van der Waals surface area contributed by atoms with E-state index in [4.69, 9.17) is 9.47 Å². The molecule has 6 heteroatoms. The average molecular weight is 438 g/mol. The number of hydrogen-bond acceptors (Lipinski definition) is 3. The van der Waals surface area contributed by atoms with Crippen molar-refractivity contribution in [2.75, 3.05) is 7.11 Å². The van der Waals surface area contributed by atoms with Crippen molar-refractivity contribution >= 4 is 5.57 Å². The number of ether oxygens (including phenoxy) is 3. The van der Waals surface area contributed by atoms with Gasteiger partial charge >= 0.3 is 6.36 Å². The molecule has 0 saturated heterocycles. The first kappa shape index (κ1) is 21.6. The van der Waals surface area contributed by atoms with Crippen LogP contribution in [0.25, 0.3) is 16.7 Å². The maximum Gasteiger partial charge on any atom is 0.573 e. The summed E-state index contributed by atoms with van der Waals surface area (Å²) in [5, 5.41) is 0. The number of allylic oxidation sites excluding steroid dienone is 3. The van der Waals surface area contributed by atoms with Gasteiger partial charge in [-0.15, -0.1) is 13.2 Å². The lowest BCUT2D eigenvalue weighted by Crippen LogP contribution is -2.17. The summed E-state index contributed by atoms with van der Waals surface area (Å²) in [5.74, 6) is 1.81. The molecule has 0 amide bonds. The second kappa shape index (κ2) is 9.22. The molecule has 0 N–H and O–H groups in total. The first-order valence-corrected chi connectivity index (χ1v) is 10.1. The van der Waals surface area contributed by atoms with E-state index in [0.29, 0.717) is 11.3 Å². The molecule has 3 nitrogen and oxygen atoms in total. The van der Waals surface area contributed by atoms with Crippen LogP contribution in [-0.2, 0) is 0 Å². The van der Waals surface area contributed by atoms with Crippen molar-refractivity contribution in [2.24, 2.45) is 0 Å². The fourth-order valence-electron chi connectivity index (χ4n) is 3.61. The molecule has 0 radical (unpaired) electrons. The number of benzene rings is 3. The molecule has 32 heavy (non-hydrogen) atoms. The summed E-state index contributed by atoms with van der Waals surface area (Å²) in [7, 11) is 1.55. The van der Waals surface area contributed by atoms with Crippen LogP contribution >= 0.6 is 0 Å². The zero-order chi connectivity index (χ0) is 22.6. The minimum absolute atomic E-state index is 0.269. The summed E-state index contributed by atoms with van der Waals surface area (Å²) in [5.41, 5.74) is 3.28. The lowest BCUT2D eigenvalue weighted by Gasteiger charge is -2.19. The van der Waals surface area contributed by atoms with Gasteiger partial charge in [-0.25, -0.2) is 0 Å². The SMILES string of the molecule is COc1ccc(C2=CC(Oc3ccccc3)=CCC2)c(-c2cccc(OC(F)(F)F)c2)c1. The second-order valence-electron chi connectivity index (χ2n) is 7.22. The number of para-hydroxylation sites is 1. The molecule has 1 aliphatic rings. The fourth-order valence-corrected chi connectivity index (χ4v) is 3.61. The summed E-state index contributed by atoms with van der Waals surface area (Å²) in [6.07, 6.45) is 0.808. The van der Waals surface area contributed by atoms with Gasteiger partial charge in [0, 0.05) is 0 Å². The lowest BCUT2D eigenvalue weighted by molar-refractivity contribution is -0.274. The van der Waals surface area contributed by atoms with Crippen LogP contribution < -0.4 is 14.2 Å². The molecule has 164 valence electrons. The van der Waals surface area contributed by atoms with Gasteiger partial charge in [0.15, 0.2) is 0 Å². The number of alkyl halides is 3. The highest BCUT2D eigenvalue weighted by atomic mass is 19.4. The largest absolute Gasteiger partial charge is 0.573 e. The Bertz CT molecular complexity index is 1150. The Morgan fingerprint density at radius 1 is 0.781 bits per heavy atom. The Morgan fingerprint density at radius 3 is 2.31 bits per heavy atom. The van der Waals surface area contributed by atoms with Crippen LogP contribution in [-0.4, -0.2) is 13.5 Å². The first-order chi connectivity index (χ1) is 15.4. The van der Waals surface area contributed by atoms with Crippen LogP contribution in [0.15, 0.2) is 90.7 Å². The van der Waals surface area contributed by atoms with Gasteiger partial charge in [0.25, 0.3) is 0 Å². The van der Waals surface area contributed by atoms with Gasteiger partial charge in [-0.3, -0.25) is 0 Å². The molecular weight excluding hydrogens is 417 g/mol. The molecular formula is C26H21F3O3. The molecule has 0 aromatic heterocycles. The average Bonchev–Trinajstić information content (AvgIpc) is 2.78. The summed E-state index contributed by atoms with van der Waals surface area (Å²) in [6.45, 7) is 0. The number of halogens is 3. The molecule has 0 atom stereocenters. The van der Waals surface area contributed by atoms with Crippen molar-refractivity contribution in [3.8, 4) is 28.4 Å². The van der Waals surface area contributed by atoms with Crippen LogP contribution in [0.2, 0.25) is 0 Å². The summed E-state index contributed by atoms with van der Waals surface area (Å²) >= 11 is 0. The molecule has 0 fully saturated rings. The van der Waals surface area contributed by atoms with Crippen molar-refractivity contribution in [3.63, 3.8) is 0 Å². The normalized spacial score (nSPS) is 13.8. The van der Waals surface area contributed by atoms with E-state index in [9.17, 15) is 13.2 Å². The van der Waals surface area contributed by atoms with E-state index in [2.05, 4.69) is 4.74 Å². The van der Waals surface area contributed by atoms with Crippen LogP contribution in [0.1, 0.15) is 18.4 Å². The molecule has 0 heterocycles. The van der Waals surface area contributed by atoms with Crippen molar-refractivity contribution in [1.29, 1.82) is 0 Å². The minimum atomic E-state index is -4.75. The van der Waals surface area contributed by atoms with E-state index in [1.807, 2.05) is 60.7 Å². The van der Waals surface area contributed by atoms with Crippen LogP contribution in [0.3, 0.4) is 0 Å². The summed E-state index contributed by atoms with van der Waals surface area (Å²) < 4.78 is 53.6. The van der Waals surface area contributed by atoms with Gasteiger partial charge in [-0.05, 0) is 83.7 Å². The number of hydrogen-bond donors (Lipinski definition) is 0. The van der Waals surface area contributed by atoms with Gasteiger partial charge in [0.05, 0.1) is 7.11 Å². The fraction of sp³-hybridized carbons (Fsp3) is 0.154. The maximum atomic E-state index is 12.7. The smallest absolute Gasteiger partial charge is 0.497 e. The molecule has 0 spiro atoms. The highest BCUT2D eigenvalue weighted by molar-refractivity contribution is 5.84. The predicted molar refractivity (Wildman–Crippen MR) is 117 cm³/mol. The van der Waals surface area contributed by atoms with Crippen molar-refractivity contribution in [2.45, 2.75) is 19.2 Å². The van der Waals surface area contributed by atoms with E-state index in [1.165, 1.54) is 12.1 Å². The highest BCUT2D eigenvalue weighted by Crippen LogP contribution is 2.38. The molecule has 0 aliphatic heterocycles. The molecule has 3 aromatic rings. The van der Waals surface area contributed by atoms with Gasteiger partial charge < -0.3 is 14.2 Å². The first-order valence-electron chi connectivity index (χ1n) is 10.1. The van der Waals surface area contributed by atoms with Crippen LogP contribution in [0.5, 0.6) is 17.2 Å². The van der Waals surface area contributed by atoms with Crippen molar-refractivity contribution < 1.29 is 27.4 Å². The molecule has 4 rings (SSSR count). The third kappa shape index (κ3) is 5.32. The Kier molecular flexibility index (Phi) is 6.21. The Hall–Kier alpha value is -3.67. The number of methoxy groups -OCH3 is 1. The summed E-state index contributed by atoms with van der Waals surface area (Å²) in [6, 6.07) is 21.0. The monoisotopic (exact) mass is 438 g/mol. The van der Waals surface area contributed by atoms with Gasteiger partial charge in [0.2, 0.25) is 0 Å². The molecule has 1 aliphatic carbocycles. The van der Waals surface area contributed by atoms with E-state index in [-0.39, 0.29) is 5.75 Å². The van der Waals surface area contributed by atoms with E-state index in [1.54, 1.807) is 19.2 Å². The van der Waals surface area contributed by atoms with Crippen LogP contribution in [0.4, 0.5) is 13.2 Å². The zero-order valence-electron chi connectivity index (χ0n) is 17.4. The standard InChI is InChI=1S/C26H21F3O3/c1-30-21-13-14-24(18-7-5-11-22(15-18)31-20-9-3-2-4-10-20)25(17-21)19-8-6-12-23(16-19)32-26(27,28)29/h2-4,6,8-17H,5,7H2,1H3. The van der Waals surface area contributed by atoms with E-state index >= 15 is 0 Å². The molecule has 0 saturated carbocycles. The zero-order valence-corrected chi connectivity index (χ0v) is 17.4. The summed E-state index contributed by atoms with van der Waals surface area (Å²) in [4.78, 5) is 0. The van der Waals surface area contributed by atoms with Gasteiger partial charge in [0.1, 0.15) is 23.0 Å². The molecule has 0 unspecified atom stereocenters. The second-order valence-corrected chi connectivity index (χ2v) is 7.22. The predicted octanol–water partition coefficient (Wildman–Crippen LogP) is 7.40. The Labute approximate surface area is 184 Å². The van der Waals surface area contributed by atoms with Gasteiger partial charge in [-0.1, -0.05) is 36.4 Å². The lowest BCUT2D eigenvalue weighted by atomic mass is 9.89. The topological polar surface area (TPSA) is 27.7 Å². The minimum Gasteiger partial charge on any atom is -0.497 e. The van der Waals surface area contributed by atoms with E-state index < -0.39 is 6.36 Å². The third-order valence-corrected chi connectivity index (χ3v) is 5.01. The third-order valence-electron chi connectivity index (χ3n) is 5.01. The van der Waals surface area contributed by atoms with Crippen LogP contribution in [0, 0.1) is 0 Å². The highest BCUT2D eigenvalue weighted by Gasteiger charge is 2.31. The Balaban J connectivity index is 1.71. The van der Waals surface area contributed by atoms with Crippen molar-refractivity contribution in [3.05, 3.63) is 96.3 Å². The maximum absolute atomic E-state index is 12.7. The van der Waals surface area contributed by atoms with Gasteiger partial charge in [-0.2, -0.15) is 0 Å². The quantitative estimate of drug-likeness (QED) is 0.401. The number of rotatable bonds is 6. The van der Waals surface area contributed by atoms with E-state index in [0.717, 1.165) is 41.1 Å². The van der Waals surface area contributed by atoms with Crippen molar-refractivity contribution in [1.82, 2.24) is 0 Å². The molecule has 0 bridgehead atoms. The Morgan fingerprint density at radius 2 is 1.56 bits per heavy atom. The molecule has 3 aromatic carbocycles.